The van der Waals surface area contributed by atoms with Gasteiger partial charge >= 0.3 is 0 Å². The molecule has 6 nitrogen and oxygen atoms in total. The van der Waals surface area contributed by atoms with Gasteiger partial charge in [-0.05, 0) is 49.2 Å². The molecule has 34 heavy (non-hydrogen) atoms. The molecule has 0 fully saturated rings. The lowest BCUT2D eigenvalue weighted by Gasteiger charge is -2.19. The maximum absolute atomic E-state index is 14.6. The van der Waals surface area contributed by atoms with Gasteiger partial charge in [0, 0.05) is 17.8 Å². The van der Waals surface area contributed by atoms with Crippen LogP contribution in [0.4, 0.5) is 20.2 Å². The summed E-state index contributed by atoms with van der Waals surface area (Å²) in [5, 5.41) is 3.01. The van der Waals surface area contributed by atoms with Crippen LogP contribution in [0.15, 0.2) is 60.3 Å². The first-order valence-electron chi connectivity index (χ1n) is 10.7. The van der Waals surface area contributed by atoms with Crippen LogP contribution in [0, 0.1) is 25.5 Å². The van der Waals surface area contributed by atoms with Crippen molar-refractivity contribution in [2.24, 2.45) is 0 Å². The van der Waals surface area contributed by atoms with Gasteiger partial charge in [0.1, 0.15) is 30.5 Å². The molecule has 0 bridgehead atoms. The molecule has 0 aliphatic carbocycles. The van der Waals surface area contributed by atoms with Crippen LogP contribution >= 0.6 is 0 Å². The lowest BCUT2D eigenvalue weighted by Crippen LogP contribution is -2.33. The minimum absolute atomic E-state index is 0.0442. The van der Waals surface area contributed by atoms with Crippen molar-refractivity contribution in [1.82, 2.24) is 0 Å². The van der Waals surface area contributed by atoms with Gasteiger partial charge in [-0.3, -0.25) is 9.59 Å². The molecule has 172 valence electrons. The number of carbonyl (C=O) groups is 2. The first kappa shape index (κ1) is 21.6. The van der Waals surface area contributed by atoms with E-state index >= 15 is 0 Å². The monoisotopic (exact) mass is 462 g/mol. The number of aryl methyl sites for hydroxylation is 2. The van der Waals surface area contributed by atoms with E-state index in [4.69, 9.17) is 9.47 Å². The lowest BCUT2D eigenvalue weighted by molar-refractivity contribution is -0.120. The second kappa shape index (κ2) is 8.30. The molecular formula is C26H20F2N2O4. The highest BCUT2D eigenvalue weighted by molar-refractivity contribution is 6.46. The average molecular weight is 462 g/mol. The molecule has 8 heteroatoms. The Balaban J connectivity index is 1.63. The van der Waals surface area contributed by atoms with Gasteiger partial charge in [-0.25, -0.2) is 13.7 Å². The summed E-state index contributed by atoms with van der Waals surface area (Å²) in [4.78, 5) is 27.7. The summed E-state index contributed by atoms with van der Waals surface area (Å²) in [6, 6.07) is 13.1. The van der Waals surface area contributed by atoms with Crippen molar-refractivity contribution >= 4 is 28.8 Å². The Morgan fingerprint density at radius 1 is 0.853 bits per heavy atom. The van der Waals surface area contributed by atoms with E-state index in [-0.39, 0.29) is 11.3 Å². The molecule has 0 aromatic heterocycles. The predicted octanol–water partition coefficient (Wildman–Crippen LogP) is 4.75. The molecule has 0 saturated heterocycles. The van der Waals surface area contributed by atoms with Gasteiger partial charge in [-0.2, -0.15) is 0 Å². The Labute approximate surface area is 194 Å². The SMILES string of the molecule is Cc1ccc(C2=C(Nc3ccc4c(c3)OCCO4)C(=O)N(c3cc(F)ccc3F)C2=O)c(C)c1. The standard InChI is InChI=1S/C26H20F2N2O4/c1-14-3-6-18(15(2)11-14)23-24(29-17-5-8-21-22(13-17)34-10-9-33-21)26(32)30(25(23)31)20-12-16(27)4-7-19(20)28/h3-8,11-13,29H,9-10H2,1-2H3. The van der Waals surface area contributed by atoms with E-state index in [1.165, 1.54) is 0 Å². The molecule has 0 saturated carbocycles. The van der Waals surface area contributed by atoms with Crippen molar-refractivity contribution in [3.05, 3.63) is 88.6 Å². The molecule has 2 aliphatic rings. The number of hydrogen-bond acceptors (Lipinski definition) is 5. The number of carbonyl (C=O) groups excluding carboxylic acids is 2. The number of ether oxygens (including phenoxy) is 2. The molecule has 0 unspecified atom stereocenters. The fourth-order valence-electron chi connectivity index (χ4n) is 4.13. The van der Waals surface area contributed by atoms with E-state index in [1.807, 2.05) is 26.0 Å². The van der Waals surface area contributed by atoms with Gasteiger partial charge in [-0.1, -0.05) is 23.8 Å². The third kappa shape index (κ3) is 3.67. The summed E-state index contributed by atoms with van der Waals surface area (Å²) < 4.78 is 39.6. The highest BCUT2D eigenvalue weighted by Crippen LogP contribution is 2.38. The normalized spacial score (nSPS) is 15.2. The highest BCUT2D eigenvalue weighted by atomic mass is 19.1. The van der Waals surface area contributed by atoms with E-state index in [9.17, 15) is 18.4 Å². The molecule has 2 aliphatic heterocycles. The summed E-state index contributed by atoms with van der Waals surface area (Å²) in [7, 11) is 0. The van der Waals surface area contributed by atoms with Crippen LogP contribution in [0.25, 0.3) is 5.57 Å². The number of nitrogens with zero attached hydrogens (tertiary/aromatic N) is 1. The van der Waals surface area contributed by atoms with Gasteiger partial charge in [0.05, 0.1) is 11.3 Å². The molecule has 2 amide bonds. The number of fused-ring (bicyclic) bond motifs is 1. The molecule has 0 spiro atoms. The minimum Gasteiger partial charge on any atom is -0.486 e. The van der Waals surface area contributed by atoms with Crippen molar-refractivity contribution in [2.45, 2.75) is 13.8 Å². The highest BCUT2D eigenvalue weighted by Gasteiger charge is 2.42. The third-order valence-corrected chi connectivity index (χ3v) is 5.70. The van der Waals surface area contributed by atoms with Crippen LogP contribution in [0.5, 0.6) is 11.5 Å². The molecule has 3 aromatic rings. The Morgan fingerprint density at radius 2 is 1.62 bits per heavy atom. The molecule has 3 aromatic carbocycles. The quantitative estimate of drug-likeness (QED) is 0.567. The first-order chi connectivity index (χ1) is 16.3. The maximum Gasteiger partial charge on any atom is 0.282 e. The van der Waals surface area contributed by atoms with Crippen molar-refractivity contribution < 1.29 is 27.8 Å². The van der Waals surface area contributed by atoms with Gasteiger partial charge < -0.3 is 14.8 Å². The van der Waals surface area contributed by atoms with Gasteiger partial charge in [0.15, 0.2) is 11.5 Å². The fraction of sp³-hybridized carbons (Fsp3) is 0.154. The van der Waals surface area contributed by atoms with E-state index in [0.29, 0.717) is 40.9 Å². The number of amides is 2. The number of halogens is 2. The van der Waals surface area contributed by atoms with Gasteiger partial charge in [0.25, 0.3) is 11.8 Å². The second-order valence-corrected chi connectivity index (χ2v) is 8.09. The molecule has 0 atom stereocenters. The Kier molecular flexibility index (Phi) is 5.28. The van der Waals surface area contributed by atoms with E-state index in [0.717, 1.165) is 29.3 Å². The summed E-state index contributed by atoms with van der Waals surface area (Å²) in [5.74, 6) is -2.13. The molecule has 2 heterocycles. The van der Waals surface area contributed by atoms with Crippen molar-refractivity contribution in [1.29, 1.82) is 0 Å². The number of benzene rings is 3. The Morgan fingerprint density at radius 3 is 2.38 bits per heavy atom. The summed E-state index contributed by atoms with van der Waals surface area (Å²) >= 11 is 0. The number of hydrogen-bond donors (Lipinski definition) is 1. The third-order valence-electron chi connectivity index (χ3n) is 5.70. The zero-order valence-electron chi connectivity index (χ0n) is 18.4. The van der Waals surface area contributed by atoms with Gasteiger partial charge in [0.2, 0.25) is 0 Å². The van der Waals surface area contributed by atoms with Crippen molar-refractivity contribution in [2.75, 3.05) is 23.4 Å². The van der Waals surface area contributed by atoms with Crippen LogP contribution in [-0.2, 0) is 9.59 Å². The van der Waals surface area contributed by atoms with E-state index in [1.54, 1.807) is 24.3 Å². The summed E-state index contributed by atoms with van der Waals surface area (Å²) in [6.07, 6.45) is 0. The number of imide groups is 1. The number of anilines is 2. The van der Waals surface area contributed by atoms with Crippen LogP contribution < -0.4 is 19.7 Å². The maximum atomic E-state index is 14.6. The average Bonchev–Trinajstić information content (AvgIpc) is 3.05. The zero-order valence-corrected chi connectivity index (χ0v) is 18.4. The topological polar surface area (TPSA) is 67.9 Å². The van der Waals surface area contributed by atoms with Crippen LogP contribution in [0.3, 0.4) is 0 Å². The van der Waals surface area contributed by atoms with Crippen LogP contribution in [0.2, 0.25) is 0 Å². The van der Waals surface area contributed by atoms with Crippen LogP contribution in [-0.4, -0.2) is 25.0 Å². The summed E-state index contributed by atoms with van der Waals surface area (Å²) in [6.45, 7) is 4.55. The zero-order chi connectivity index (χ0) is 24.0. The summed E-state index contributed by atoms with van der Waals surface area (Å²) in [5.41, 5.74) is 2.31. The molecule has 5 rings (SSSR count). The molecular weight excluding hydrogens is 442 g/mol. The second-order valence-electron chi connectivity index (χ2n) is 8.09. The largest absolute Gasteiger partial charge is 0.486 e. The van der Waals surface area contributed by atoms with Gasteiger partial charge in [-0.15, -0.1) is 0 Å². The number of rotatable bonds is 4. The smallest absolute Gasteiger partial charge is 0.282 e. The van der Waals surface area contributed by atoms with Crippen LogP contribution in [0.1, 0.15) is 16.7 Å². The minimum atomic E-state index is -0.886. The molecule has 0 radical (unpaired) electrons. The molecule has 1 N–H and O–H groups in total. The fourth-order valence-corrected chi connectivity index (χ4v) is 4.13. The first-order valence-corrected chi connectivity index (χ1v) is 10.7. The Bertz CT molecular complexity index is 1380. The predicted molar refractivity (Wildman–Crippen MR) is 123 cm³/mol. The lowest BCUT2D eigenvalue weighted by atomic mass is 9.97. The van der Waals surface area contributed by atoms with Crippen molar-refractivity contribution in [3.63, 3.8) is 0 Å². The van der Waals surface area contributed by atoms with E-state index in [2.05, 4.69) is 5.32 Å². The van der Waals surface area contributed by atoms with Crippen molar-refractivity contribution in [3.8, 4) is 11.5 Å². The van der Waals surface area contributed by atoms with E-state index < -0.39 is 29.1 Å². The Hall–Kier alpha value is -4.20. The number of nitrogens with one attached hydrogen (secondary N) is 1.